The highest BCUT2D eigenvalue weighted by molar-refractivity contribution is 5.94. The van der Waals surface area contributed by atoms with E-state index in [1.165, 1.54) is 12.1 Å². The standard InChI is InChI=1S/C15H11F4NO/c16-11-4-2-1-3-9(11)7-8-20-15(21)10-5-6-12(17)14(19)13(10)18/h1-6H,7-8H2,(H,20,21). The number of halogens is 4. The molecule has 110 valence electrons. The molecule has 0 aliphatic carbocycles. The molecule has 0 heterocycles. The molecule has 0 fully saturated rings. The summed E-state index contributed by atoms with van der Waals surface area (Å²) in [7, 11) is 0. The average Bonchev–Trinajstić information content (AvgIpc) is 2.47. The molecule has 0 radical (unpaired) electrons. The molecule has 0 unspecified atom stereocenters. The first-order valence-electron chi connectivity index (χ1n) is 6.16. The van der Waals surface area contributed by atoms with Crippen molar-refractivity contribution in [3.63, 3.8) is 0 Å². The van der Waals surface area contributed by atoms with Crippen LogP contribution in [0.15, 0.2) is 36.4 Å². The van der Waals surface area contributed by atoms with Gasteiger partial charge in [-0.1, -0.05) is 18.2 Å². The Morgan fingerprint density at radius 2 is 1.62 bits per heavy atom. The average molecular weight is 297 g/mol. The molecule has 2 aromatic carbocycles. The summed E-state index contributed by atoms with van der Waals surface area (Å²) in [6, 6.07) is 7.55. The van der Waals surface area contributed by atoms with Gasteiger partial charge >= 0.3 is 0 Å². The summed E-state index contributed by atoms with van der Waals surface area (Å²) in [5.74, 6) is -5.90. The minimum absolute atomic E-state index is 0.0399. The maximum atomic E-state index is 13.4. The Balaban J connectivity index is 2.00. The van der Waals surface area contributed by atoms with Gasteiger partial charge in [-0.2, -0.15) is 0 Å². The maximum absolute atomic E-state index is 13.4. The first kappa shape index (κ1) is 15.0. The van der Waals surface area contributed by atoms with Gasteiger partial charge in [0.05, 0.1) is 5.56 Å². The highest BCUT2D eigenvalue weighted by Crippen LogP contribution is 2.15. The van der Waals surface area contributed by atoms with E-state index in [9.17, 15) is 22.4 Å². The summed E-state index contributed by atoms with van der Waals surface area (Å²) in [5.41, 5.74) is -0.203. The van der Waals surface area contributed by atoms with Crippen LogP contribution in [0.4, 0.5) is 17.6 Å². The minimum Gasteiger partial charge on any atom is -0.352 e. The van der Waals surface area contributed by atoms with Gasteiger partial charge in [0.1, 0.15) is 5.82 Å². The van der Waals surface area contributed by atoms with E-state index in [1.54, 1.807) is 12.1 Å². The van der Waals surface area contributed by atoms with Gasteiger partial charge in [-0.25, -0.2) is 17.6 Å². The summed E-state index contributed by atoms with van der Waals surface area (Å²) in [6.45, 7) is 0.0399. The molecule has 1 N–H and O–H groups in total. The number of benzene rings is 2. The van der Waals surface area contributed by atoms with Gasteiger partial charge in [0.2, 0.25) is 0 Å². The molecule has 0 aromatic heterocycles. The van der Waals surface area contributed by atoms with E-state index in [0.29, 0.717) is 11.6 Å². The van der Waals surface area contributed by atoms with Crippen molar-refractivity contribution in [2.45, 2.75) is 6.42 Å². The summed E-state index contributed by atoms with van der Waals surface area (Å²) < 4.78 is 52.5. The third-order valence-corrected chi connectivity index (χ3v) is 2.92. The van der Waals surface area contributed by atoms with Crippen molar-refractivity contribution in [2.75, 3.05) is 6.54 Å². The third-order valence-electron chi connectivity index (χ3n) is 2.92. The van der Waals surface area contributed by atoms with Gasteiger partial charge in [-0.15, -0.1) is 0 Å². The van der Waals surface area contributed by atoms with Crippen molar-refractivity contribution in [1.29, 1.82) is 0 Å². The Morgan fingerprint density at radius 1 is 0.905 bits per heavy atom. The van der Waals surface area contributed by atoms with Crippen LogP contribution in [-0.4, -0.2) is 12.5 Å². The molecule has 0 bridgehead atoms. The van der Waals surface area contributed by atoms with Crippen LogP contribution in [0, 0.1) is 23.3 Å². The fraction of sp³-hybridized carbons (Fsp3) is 0.133. The lowest BCUT2D eigenvalue weighted by molar-refractivity contribution is 0.0948. The summed E-state index contributed by atoms with van der Waals surface area (Å²) >= 11 is 0. The first-order chi connectivity index (χ1) is 10.0. The molecule has 0 saturated heterocycles. The van der Waals surface area contributed by atoms with Gasteiger partial charge in [0.15, 0.2) is 17.5 Å². The van der Waals surface area contributed by atoms with Crippen LogP contribution >= 0.6 is 0 Å². The molecule has 0 aliphatic rings. The van der Waals surface area contributed by atoms with E-state index < -0.39 is 34.7 Å². The van der Waals surface area contributed by atoms with Gasteiger partial charge in [-0.05, 0) is 30.2 Å². The lowest BCUT2D eigenvalue weighted by Gasteiger charge is -2.07. The number of carbonyl (C=O) groups is 1. The van der Waals surface area contributed by atoms with Crippen LogP contribution in [0.2, 0.25) is 0 Å². The van der Waals surface area contributed by atoms with Crippen molar-refractivity contribution >= 4 is 5.91 Å². The lowest BCUT2D eigenvalue weighted by atomic mass is 10.1. The molecule has 1 amide bonds. The Hall–Kier alpha value is -2.37. The van der Waals surface area contributed by atoms with Crippen LogP contribution in [0.25, 0.3) is 0 Å². The normalized spacial score (nSPS) is 10.5. The summed E-state index contributed by atoms with van der Waals surface area (Å²) in [6.07, 6.45) is 0.198. The molecular weight excluding hydrogens is 286 g/mol. The SMILES string of the molecule is O=C(NCCc1ccccc1F)c1ccc(F)c(F)c1F. The van der Waals surface area contributed by atoms with Gasteiger partial charge in [0, 0.05) is 6.54 Å². The topological polar surface area (TPSA) is 29.1 Å². The second-order valence-electron chi connectivity index (χ2n) is 4.32. The maximum Gasteiger partial charge on any atom is 0.254 e. The highest BCUT2D eigenvalue weighted by atomic mass is 19.2. The molecule has 0 spiro atoms. The number of rotatable bonds is 4. The molecular formula is C15H11F4NO. The van der Waals surface area contributed by atoms with Crippen LogP contribution in [0.5, 0.6) is 0 Å². The van der Waals surface area contributed by atoms with Gasteiger partial charge < -0.3 is 5.32 Å². The molecule has 2 aromatic rings. The minimum atomic E-state index is -1.70. The largest absolute Gasteiger partial charge is 0.352 e. The number of hydrogen-bond donors (Lipinski definition) is 1. The van der Waals surface area contributed by atoms with E-state index in [-0.39, 0.29) is 13.0 Å². The highest BCUT2D eigenvalue weighted by Gasteiger charge is 2.18. The van der Waals surface area contributed by atoms with E-state index in [4.69, 9.17) is 0 Å². The van der Waals surface area contributed by atoms with Crippen LogP contribution in [0.1, 0.15) is 15.9 Å². The smallest absolute Gasteiger partial charge is 0.254 e. The van der Waals surface area contributed by atoms with Crippen LogP contribution < -0.4 is 5.32 Å². The molecule has 0 saturated carbocycles. The zero-order valence-electron chi connectivity index (χ0n) is 10.8. The van der Waals surface area contributed by atoms with E-state index in [0.717, 1.165) is 6.07 Å². The van der Waals surface area contributed by atoms with Crippen LogP contribution in [0.3, 0.4) is 0 Å². The second kappa shape index (κ2) is 6.39. The van der Waals surface area contributed by atoms with E-state index in [2.05, 4.69) is 5.32 Å². The van der Waals surface area contributed by atoms with Crippen molar-refractivity contribution in [3.05, 3.63) is 70.8 Å². The number of nitrogens with one attached hydrogen (secondary N) is 1. The Morgan fingerprint density at radius 3 is 2.33 bits per heavy atom. The summed E-state index contributed by atoms with van der Waals surface area (Å²) in [4.78, 5) is 11.7. The third kappa shape index (κ3) is 3.39. The Kier molecular flexibility index (Phi) is 4.57. The monoisotopic (exact) mass is 297 g/mol. The van der Waals surface area contributed by atoms with E-state index in [1.807, 2.05) is 0 Å². The number of carbonyl (C=O) groups excluding carboxylic acids is 1. The Bertz CT molecular complexity index is 673. The first-order valence-corrected chi connectivity index (χ1v) is 6.16. The van der Waals surface area contributed by atoms with Gasteiger partial charge in [-0.3, -0.25) is 4.79 Å². The van der Waals surface area contributed by atoms with Crippen molar-refractivity contribution in [3.8, 4) is 0 Å². The van der Waals surface area contributed by atoms with Crippen molar-refractivity contribution in [2.24, 2.45) is 0 Å². The molecule has 0 aliphatic heterocycles. The van der Waals surface area contributed by atoms with Gasteiger partial charge in [0.25, 0.3) is 5.91 Å². The summed E-state index contributed by atoms with van der Waals surface area (Å²) in [5, 5.41) is 2.33. The fourth-order valence-corrected chi connectivity index (χ4v) is 1.81. The van der Waals surface area contributed by atoms with E-state index >= 15 is 0 Å². The molecule has 2 nitrogen and oxygen atoms in total. The van der Waals surface area contributed by atoms with Crippen molar-refractivity contribution < 1.29 is 22.4 Å². The second-order valence-corrected chi connectivity index (χ2v) is 4.32. The predicted molar refractivity (Wildman–Crippen MR) is 68.8 cm³/mol. The number of hydrogen-bond acceptors (Lipinski definition) is 1. The molecule has 2 rings (SSSR count). The molecule has 6 heteroatoms. The number of amides is 1. The van der Waals surface area contributed by atoms with Crippen molar-refractivity contribution in [1.82, 2.24) is 5.32 Å². The quantitative estimate of drug-likeness (QED) is 0.681. The molecule has 21 heavy (non-hydrogen) atoms. The predicted octanol–water partition coefficient (Wildman–Crippen LogP) is 3.22. The zero-order chi connectivity index (χ0) is 15.4. The zero-order valence-corrected chi connectivity index (χ0v) is 10.8. The lowest BCUT2D eigenvalue weighted by Crippen LogP contribution is -2.27. The molecule has 0 atom stereocenters. The van der Waals surface area contributed by atoms with Crippen LogP contribution in [-0.2, 0) is 6.42 Å². The Labute approximate surface area is 118 Å². The fourth-order valence-electron chi connectivity index (χ4n) is 1.81.